The minimum absolute atomic E-state index is 0.245. The average molecular weight is 296 g/mol. The lowest BCUT2D eigenvalue weighted by atomic mass is 10.0. The molecule has 0 atom stereocenters. The third kappa shape index (κ3) is 2.47. The zero-order valence-electron chi connectivity index (χ0n) is 11.3. The summed E-state index contributed by atoms with van der Waals surface area (Å²) >= 11 is 1.63. The second-order valence-electron chi connectivity index (χ2n) is 5.29. The summed E-state index contributed by atoms with van der Waals surface area (Å²) in [5.74, 6) is 0.186. The molecule has 1 saturated carbocycles. The van der Waals surface area contributed by atoms with E-state index in [4.69, 9.17) is 0 Å². The van der Waals surface area contributed by atoms with Gasteiger partial charge < -0.3 is 0 Å². The quantitative estimate of drug-likeness (QED) is 0.695. The van der Waals surface area contributed by atoms with Gasteiger partial charge in [-0.05, 0) is 60.2 Å². The summed E-state index contributed by atoms with van der Waals surface area (Å²) in [7, 11) is 0. The number of hydrogen-bond acceptors (Lipinski definition) is 3. The Hall–Kier alpha value is -2.07. The molecule has 1 aliphatic rings. The molecular weight excluding hydrogens is 283 g/mol. The summed E-state index contributed by atoms with van der Waals surface area (Å²) in [6.07, 6.45) is 5.93. The van der Waals surface area contributed by atoms with E-state index in [-0.39, 0.29) is 5.82 Å². The van der Waals surface area contributed by atoms with Crippen molar-refractivity contribution in [1.82, 2.24) is 9.97 Å². The highest BCUT2D eigenvalue weighted by molar-refractivity contribution is 7.16. The number of thiazole rings is 1. The van der Waals surface area contributed by atoms with Crippen LogP contribution in [0.3, 0.4) is 0 Å². The van der Waals surface area contributed by atoms with Gasteiger partial charge in [-0.2, -0.15) is 0 Å². The lowest BCUT2D eigenvalue weighted by Gasteiger charge is -2.07. The molecule has 104 valence electrons. The summed E-state index contributed by atoms with van der Waals surface area (Å²) in [5.41, 5.74) is 5.38. The monoisotopic (exact) mass is 296 g/mol. The Morgan fingerprint density at radius 3 is 2.95 bits per heavy atom. The first-order valence-electron chi connectivity index (χ1n) is 6.97. The molecule has 2 nitrogen and oxygen atoms in total. The SMILES string of the molecule is Fc1cccnc1/C(=C/c1ccc2scnc2c1)C1CC1. The molecule has 4 rings (SSSR count). The molecule has 0 N–H and O–H groups in total. The van der Waals surface area contributed by atoms with Gasteiger partial charge in [0.05, 0.1) is 15.7 Å². The van der Waals surface area contributed by atoms with Gasteiger partial charge in [0, 0.05) is 6.20 Å². The molecule has 0 unspecified atom stereocenters. The second kappa shape index (κ2) is 5.04. The van der Waals surface area contributed by atoms with Crippen LogP contribution < -0.4 is 0 Å². The van der Waals surface area contributed by atoms with Gasteiger partial charge in [-0.15, -0.1) is 11.3 Å². The van der Waals surface area contributed by atoms with Crippen LogP contribution in [0.5, 0.6) is 0 Å². The van der Waals surface area contributed by atoms with E-state index in [0.717, 1.165) is 29.5 Å². The van der Waals surface area contributed by atoms with Crippen LogP contribution in [0.4, 0.5) is 4.39 Å². The third-order valence-electron chi connectivity index (χ3n) is 3.73. The van der Waals surface area contributed by atoms with E-state index in [9.17, 15) is 4.39 Å². The average Bonchev–Trinajstić information content (AvgIpc) is 3.23. The summed E-state index contributed by atoms with van der Waals surface area (Å²) in [6.45, 7) is 0. The molecule has 1 aliphatic carbocycles. The standard InChI is InChI=1S/C17H13FN2S/c18-14-2-1-7-19-17(14)13(12-4-5-12)8-11-3-6-16-15(9-11)20-10-21-16/h1-3,6-10,12H,4-5H2/b13-8+. The van der Waals surface area contributed by atoms with Gasteiger partial charge in [-0.3, -0.25) is 4.98 Å². The fourth-order valence-electron chi connectivity index (χ4n) is 2.52. The summed E-state index contributed by atoms with van der Waals surface area (Å²) in [4.78, 5) is 8.57. The fraction of sp³-hybridized carbons (Fsp3) is 0.176. The minimum Gasteiger partial charge on any atom is -0.254 e. The van der Waals surface area contributed by atoms with Crippen LogP contribution in [0.1, 0.15) is 24.1 Å². The molecule has 0 amide bonds. The molecule has 1 aromatic carbocycles. The molecule has 1 fully saturated rings. The smallest absolute Gasteiger partial charge is 0.149 e. The number of benzene rings is 1. The van der Waals surface area contributed by atoms with E-state index in [1.165, 1.54) is 10.8 Å². The van der Waals surface area contributed by atoms with Crippen molar-refractivity contribution in [2.75, 3.05) is 0 Å². The zero-order valence-corrected chi connectivity index (χ0v) is 12.1. The number of rotatable bonds is 3. The Bertz CT molecular complexity index is 833. The van der Waals surface area contributed by atoms with Crippen LogP contribution in [0.25, 0.3) is 21.9 Å². The number of fused-ring (bicyclic) bond motifs is 1. The number of pyridine rings is 1. The molecule has 0 aliphatic heterocycles. The van der Waals surface area contributed by atoms with E-state index in [2.05, 4.69) is 34.2 Å². The van der Waals surface area contributed by atoms with Crippen LogP contribution in [-0.2, 0) is 0 Å². The highest BCUT2D eigenvalue weighted by atomic mass is 32.1. The van der Waals surface area contributed by atoms with E-state index < -0.39 is 0 Å². The number of allylic oxidation sites excluding steroid dienone is 1. The van der Waals surface area contributed by atoms with Crippen LogP contribution in [0.15, 0.2) is 42.0 Å². The van der Waals surface area contributed by atoms with Gasteiger partial charge in [0.15, 0.2) is 0 Å². The Labute approximate surface area is 126 Å². The molecule has 0 bridgehead atoms. The molecule has 3 aromatic rings. The topological polar surface area (TPSA) is 25.8 Å². The van der Waals surface area contributed by atoms with Gasteiger partial charge in [0.2, 0.25) is 0 Å². The maximum atomic E-state index is 14.0. The Balaban J connectivity index is 1.81. The molecule has 2 aromatic heterocycles. The largest absolute Gasteiger partial charge is 0.254 e. The molecule has 2 heterocycles. The summed E-state index contributed by atoms with van der Waals surface area (Å²) < 4.78 is 15.2. The molecular formula is C17H13FN2S. The van der Waals surface area contributed by atoms with Crippen molar-refractivity contribution < 1.29 is 4.39 Å². The maximum Gasteiger partial charge on any atom is 0.149 e. The van der Waals surface area contributed by atoms with E-state index in [1.807, 2.05) is 5.51 Å². The van der Waals surface area contributed by atoms with Crippen LogP contribution >= 0.6 is 11.3 Å². The van der Waals surface area contributed by atoms with Crippen LogP contribution in [0, 0.1) is 11.7 Å². The zero-order chi connectivity index (χ0) is 14.2. The Morgan fingerprint density at radius 1 is 1.24 bits per heavy atom. The summed E-state index contributed by atoms with van der Waals surface area (Å²) in [6, 6.07) is 9.28. The van der Waals surface area contributed by atoms with E-state index in [0.29, 0.717) is 11.6 Å². The van der Waals surface area contributed by atoms with Crippen molar-refractivity contribution in [1.29, 1.82) is 0 Å². The van der Waals surface area contributed by atoms with Gasteiger partial charge in [0.1, 0.15) is 11.5 Å². The molecule has 21 heavy (non-hydrogen) atoms. The Kier molecular flexibility index (Phi) is 3.04. The highest BCUT2D eigenvalue weighted by Gasteiger charge is 2.29. The molecule has 0 spiro atoms. The van der Waals surface area contributed by atoms with Crippen molar-refractivity contribution >= 4 is 33.2 Å². The van der Waals surface area contributed by atoms with Crippen LogP contribution in [-0.4, -0.2) is 9.97 Å². The number of hydrogen-bond donors (Lipinski definition) is 0. The fourth-order valence-corrected chi connectivity index (χ4v) is 3.18. The van der Waals surface area contributed by atoms with E-state index >= 15 is 0 Å². The summed E-state index contributed by atoms with van der Waals surface area (Å²) in [5, 5.41) is 0. The second-order valence-corrected chi connectivity index (χ2v) is 6.17. The Morgan fingerprint density at radius 2 is 2.14 bits per heavy atom. The number of halogens is 1. The van der Waals surface area contributed by atoms with Crippen molar-refractivity contribution in [3.05, 3.63) is 59.1 Å². The van der Waals surface area contributed by atoms with Crippen molar-refractivity contribution in [2.45, 2.75) is 12.8 Å². The third-order valence-corrected chi connectivity index (χ3v) is 4.54. The van der Waals surface area contributed by atoms with Gasteiger partial charge in [-0.25, -0.2) is 9.37 Å². The molecule has 4 heteroatoms. The van der Waals surface area contributed by atoms with Crippen molar-refractivity contribution in [3.8, 4) is 0 Å². The van der Waals surface area contributed by atoms with E-state index in [1.54, 1.807) is 23.6 Å². The minimum atomic E-state index is -0.245. The number of nitrogens with zero attached hydrogens (tertiary/aromatic N) is 2. The highest BCUT2D eigenvalue weighted by Crippen LogP contribution is 2.43. The lowest BCUT2D eigenvalue weighted by Crippen LogP contribution is -1.95. The normalized spacial score (nSPS) is 15.6. The van der Waals surface area contributed by atoms with Crippen molar-refractivity contribution in [2.24, 2.45) is 5.92 Å². The van der Waals surface area contributed by atoms with Gasteiger partial charge in [0.25, 0.3) is 0 Å². The lowest BCUT2D eigenvalue weighted by molar-refractivity contribution is 0.615. The maximum absolute atomic E-state index is 14.0. The van der Waals surface area contributed by atoms with Crippen molar-refractivity contribution in [3.63, 3.8) is 0 Å². The van der Waals surface area contributed by atoms with Crippen LogP contribution in [0.2, 0.25) is 0 Å². The van der Waals surface area contributed by atoms with Gasteiger partial charge in [-0.1, -0.05) is 6.07 Å². The first-order chi connectivity index (χ1) is 10.3. The first-order valence-corrected chi connectivity index (χ1v) is 7.85. The predicted molar refractivity (Wildman–Crippen MR) is 84.4 cm³/mol. The predicted octanol–water partition coefficient (Wildman–Crippen LogP) is 4.78. The number of aromatic nitrogens is 2. The molecule has 0 radical (unpaired) electrons. The first kappa shape index (κ1) is 12.7. The molecule has 0 saturated heterocycles. The van der Waals surface area contributed by atoms with Gasteiger partial charge >= 0.3 is 0 Å².